The molecule has 1 amide bonds. The molecule has 14 heavy (non-hydrogen) atoms. The molecule has 0 unspecified atom stereocenters. The first kappa shape index (κ1) is 10.6. The van der Waals surface area contributed by atoms with Crippen LogP contribution in [0.2, 0.25) is 0 Å². The maximum Gasteiger partial charge on any atom is 0.308 e. The Balaban J connectivity index is 2.66. The topological polar surface area (TPSA) is 57.6 Å². The lowest BCUT2D eigenvalue weighted by atomic mass is 9.99. The molecule has 0 saturated carbocycles. The fraction of sp³-hybridized carbons (Fsp3) is 0.600. The Hall–Kier alpha value is -1.50. The van der Waals surface area contributed by atoms with Crippen LogP contribution in [0.3, 0.4) is 0 Å². The zero-order valence-electron chi connectivity index (χ0n) is 8.28. The summed E-state index contributed by atoms with van der Waals surface area (Å²) in [5, 5.41) is 8.84. The van der Waals surface area contributed by atoms with E-state index in [1.54, 1.807) is 6.92 Å². The van der Waals surface area contributed by atoms with Crippen LogP contribution < -0.4 is 0 Å². The summed E-state index contributed by atoms with van der Waals surface area (Å²) in [5.74, 6) is 3.38. The Morgan fingerprint density at radius 3 is 2.50 bits per heavy atom. The lowest BCUT2D eigenvalue weighted by Crippen LogP contribution is -2.28. The van der Waals surface area contributed by atoms with E-state index < -0.39 is 11.9 Å². The zero-order chi connectivity index (χ0) is 10.7. The van der Waals surface area contributed by atoms with E-state index in [0.29, 0.717) is 6.54 Å². The molecule has 1 aliphatic rings. The van der Waals surface area contributed by atoms with Gasteiger partial charge in [0.1, 0.15) is 0 Å². The number of hydrogen-bond donors (Lipinski definition) is 1. The number of rotatable bonds is 1. The summed E-state index contributed by atoms with van der Waals surface area (Å²) >= 11 is 0. The molecule has 1 aliphatic heterocycles. The third-order valence-corrected chi connectivity index (χ3v) is 2.45. The number of hydrogen-bond acceptors (Lipinski definition) is 2. The molecular weight excluding hydrogens is 182 g/mol. The molecule has 2 atom stereocenters. The Morgan fingerprint density at radius 1 is 1.43 bits per heavy atom. The third-order valence-electron chi connectivity index (χ3n) is 2.45. The second-order valence-corrected chi connectivity index (χ2v) is 3.51. The Kier molecular flexibility index (Phi) is 3.13. The molecule has 1 heterocycles. The number of nitrogens with zero attached hydrogens (tertiary/aromatic N) is 1. The molecule has 4 nitrogen and oxygen atoms in total. The van der Waals surface area contributed by atoms with Crippen molar-refractivity contribution in [3.8, 4) is 11.8 Å². The quantitative estimate of drug-likeness (QED) is 0.607. The minimum Gasteiger partial charge on any atom is -0.481 e. The molecule has 0 aliphatic carbocycles. The molecule has 0 spiro atoms. The van der Waals surface area contributed by atoms with Gasteiger partial charge < -0.3 is 10.0 Å². The summed E-state index contributed by atoms with van der Waals surface area (Å²) in [6.45, 7) is 4.20. The first-order chi connectivity index (χ1) is 6.56. The number of carboxylic acid groups (broad SMARTS) is 1. The van der Waals surface area contributed by atoms with Crippen molar-refractivity contribution in [2.45, 2.75) is 13.8 Å². The van der Waals surface area contributed by atoms with E-state index in [0.717, 1.165) is 0 Å². The number of amides is 1. The predicted octanol–water partition coefficient (Wildman–Crippen LogP) is 0.189. The monoisotopic (exact) mass is 195 g/mol. The maximum atomic E-state index is 11.3. The molecule has 1 N–H and O–H groups in total. The van der Waals surface area contributed by atoms with E-state index in [9.17, 15) is 9.59 Å². The van der Waals surface area contributed by atoms with Crippen LogP contribution in [0, 0.1) is 23.7 Å². The van der Waals surface area contributed by atoms with E-state index in [-0.39, 0.29) is 18.4 Å². The largest absolute Gasteiger partial charge is 0.481 e. The van der Waals surface area contributed by atoms with Crippen molar-refractivity contribution >= 4 is 11.9 Å². The SMILES string of the molecule is CC#CC(=O)N1C[C@@H](C)[C@H](C(=O)O)C1. The number of carboxylic acids is 1. The van der Waals surface area contributed by atoms with Crippen LogP contribution in [0.25, 0.3) is 0 Å². The van der Waals surface area contributed by atoms with Gasteiger partial charge in [0.15, 0.2) is 0 Å². The fourth-order valence-corrected chi connectivity index (χ4v) is 1.64. The van der Waals surface area contributed by atoms with Crippen LogP contribution in [0.4, 0.5) is 0 Å². The van der Waals surface area contributed by atoms with Gasteiger partial charge in [0.2, 0.25) is 0 Å². The Bertz CT molecular complexity index is 313. The lowest BCUT2D eigenvalue weighted by molar-refractivity contribution is -0.142. The fourth-order valence-electron chi connectivity index (χ4n) is 1.64. The van der Waals surface area contributed by atoms with E-state index >= 15 is 0 Å². The summed E-state index contributed by atoms with van der Waals surface area (Å²) in [6.07, 6.45) is 0. The molecule has 0 bridgehead atoms. The van der Waals surface area contributed by atoms with E-state index in [1.165, 1.54) is 4.90 Å². The molecule has 76 valence electrons. The van der Waals surface area contributed by atoms with Gasteiger partial charge in [-0.15, -0.1) is 0 Å². The molecule has 1 rings (SSSR count). The van der Waals surface area contributed by atoms with E-state index in [2.05, 4.69) is 11.8 Å². The van der Waals surface area contributed by atoms with Crippen molar-refractivity contribution in [2.75, 3.05) is 13.1 Å². The van der Waals surface area contributed by atoms with Crippen molar-refractivity contribution in [3.63, 3.8) is 0 Å². The number of likely N-dealkylation sites (tertiary alicyclic amines) is 1. The van der Waals surface area contributed by atoms with Crippen LogP contribution in [-0.4, -0.2) is 35.0 Å². The molecule has 1 saturated heterocycles. The first-order valence-corrected chi connectivity index (χ1v) is 4.50. The van der Waals surface area contributed by atoms with Gasteiger partial charge in [-0.05, 0) is 18.8 Å². The second kappa shape index (κ2) is 4.14. The molecule has 1 fully saturated rings. The Labute approximate surface area is 82.9 Å². The third kappa shape index (κ3) is 2.05. The van der Waals surface area contributed by atoms with Gasteiger partial charge in [0, 0.05) is 13.1 Å². The average molecular weight is 195 g/mol. The van der Waals surface area contributed by atoms with Crippen molar-refractivity contribution in [1.29, 1.82) is 0 Å². The lowest BCUT2D eigenvalue weighted by Gasteiger charge is -2.10. The number of aliphatic carboxylic acids is 1. The standard InChI is InChI=1S/C10H13NO3/c1-3-4-9(12)11-5-7(2)8(6-11)10(13)14/h7-8H,5-6H2,1-2H3,(H,13,14)/t7-,8-/m1/s1. The van der Waals surface area contributed by atoms with Gasteiger partial charge in [-0.3, -0.25) is 9.59 Å². The first-order valence-electron chi connectivity index (χ1n) is 4.50. The van der Waals surface area contributed by atoms with Crippen LogP contribution in [0.15, 0.2) is 0 Å². The molecule has 0 aromatic heterocycles. The average Bonchev–Trinajstić information content (AvgIpc) is 2.48. The van der Waals surface area contributed by atoms with Crippen LogP contribution in [0.1, 0.15) is 13.8 Å². The van der Waals surface area contributed by atoms with Gasteiger partial charge >= 0.3 is 5.97 Å². The zero-order valence-corrected chi connectivity index (χ0v) is 8.28. The summed E-state index contributed by atoms with van der Waals surface area (Å²) in [6, 6.07) is 0. The normalized spacial score (nSPS) is 25.4. The highest BCUT2D eigenvalue weighted by Crippen LogP contribution is 2.22. The summed E-state index contributed by atoms with van der Waals surface area (Å²) in [7, 11) is 0. The predicted molar refractivity (Wildman–Crippen MR) is 50.3 cm³/mol. The van der Waals surface area contributed by atoms with Gasteiger partial charge in [-0.2, -0.15) is 0 Å². The highest BCUT2D eigenvalue weighted by Gasteiger charge is 2.36. The second-order valence-electron chi connectivity index (χ2n) is 3.51. The maximum absolute atomic E-state index is 11.3. The molecule has 4 heteroatoms. The van der Waals surface area contributed by atoms with Crippen LogP contribution >= 0.6 is 0 Å². The summed E-state index contributed by atoms with van der Waals surface area (Å²) in [5.41, 5.74) is 0. The van der Waals surface area contributed by atoms with Crippen LogP contribution in [0.5, 0.6) is 0 Å². The molecular formula is C10H13NO3. The van der Waals surface area contributed by atoms with E-state index in [1.807, 2.05) is 6.92 Å². The minimum atomic E-state index is -0.836. The Morgan fingerprint density at radius 2 is 2.07 bits per heavy atom. The van der Waals surface area contributed by atoms with Gasteiger partial charge in [0.05, 0.1) is 5.92 Å². The molecule has 0 radical (unpaired) electrons. The number of carbonyl (C=O) groups is 2. The van der Waals surface area contributed by atoms with Crippen molar-refractivity contribution in [1.82, 2.24) is 4.90 Å². The minimum absolute atomic E-state index is 0.00936. The van der Waals surface area contributed by atoms with Crippen molar-refractivity contribution < 1.29 is 14.7 Å². The smallest absolute Gasteiger partial charge is 0.308 e. The summed E-state index contributed by atoms with van der Waals surface area (Å²) < 4.78 is 0. The van der Waals surface area contributed by atoms with Crippen molar-refractivity contribution in [2.24, 2.45) is 11.8 Å². The molecule has 0 aromatic carbocycles. The summed E-state index contributed by atoms with van der Waals surface area (Å²) in [4.78, 5) is 23.6. The van der Waals surface area contributed by atoms with Crippen molar-refractivity contribution in [3.05, 3.63) is 0 Å². The highest BCUT2D eigenvalue weighted by atomic mass is 16.4. The molecule has 0 aromatic rings. The van der Waals surface area contributed by atoms with Gasteiger partial charge in [-0.25, -0.2) is 0 Å². The van der Waals surface area contributed by atoms with E-state index in [4.69, 9.17) is 5.11 Å². The number of carbonyl (C=O) groups excluding carboxylic acids is 1. The van der Waals surface area contributed by atoms with Crippen LogP contribution in [-0.2, 0) is 9.59 Å². The van der Waals surface area contributed by atoms with Gasteiger partial charge in [0.25, 0.3) is 5.91 Å². The van der Waals surface area contributed by atoms with Gasteiger partial charge in [-0.1, -0.05) is 12.8 Å². The highest BCUT2D eigenvalue weighted by molar-refractivity contribution is 5.94.